The fourth-order valence-corrected chi connectivity index (χ4v) is 5.39. The third-order valence-corrected chi connectivity index (χ3v) is 6.91. The number of fused-ring (bicyclic) bond motifs is 1. The van der Waals surface area contributed by atoms with Crippen molar-refractivity contribution in [3.63, 3.8) is 0 Å². The number of benzene rings is 2. The summed E-state index contributed by atoms with van der Waals surface area (Å²) in [5.41, 5.74) is 1.77. The minimum Gasteiger partial charge on any atom is -0.494 e. The van der Waals surface area contributed by atoms with Crippen LogP contribution in [-0.2, 0) is 6.54 Å². The van der Waals surface area contributed by atoms with E-state index in [1.807, 2.05) is 31.2 Å². The SMILES string of the molecule is CCOc1ccccc1[C@H]1C2CCCCC2(O)CCN1Cc1ccccc1Cl. The van der Waals surface area contributed by atoms with E-state index in [1.54, 1.807) is 0 Å². The maximum Gasteiger partial charge on any atom is 0.124 e. The summed E-state index contributed by atoms with van der Waals surface area (Å²) in [4.78, 5) is 2.50. The molecule has 1 heterocycles. The van der Waals surface area contributed by atoms with Crippen LogP contribution in [0.2, 0.25) is 5.02 Å². The van der Waals surface area contributed by atoms with E-state index >= 15 is 0 Å². The number of aliphatic hydroxyl groups is 1. The van der Waals surface area contributed by atoms with Gasteiger partial charge in [0.25, 0.3) is 0 Å². The molecule has 28 heavy (non-hydrogen) atoms. The van der Waals surface area contributed by atoms with Gasteiger partial charge < -0.3 is 9.84 Å². The monoisotopic (exact) mass is 399 g/mol. The van der Waals surface area contributed by atoms with Gasteiger partial charge in [0.15, 0.2) is 0 Å². The van der Waals surface area contributed by atoms with E-state index in [-0.39, 0.29) is 12.0 Å². The molecule has 0 aromatic heterocycles. The molecule has 1 aliphatic carbocycles. The van der Waals surface area contributed by atoms with Gasteiger partial charge in [-0.05, 0) is 43.9 Å². The fourth-order valence-electron chi connectivity index (χ4n) is 5.19. The van der Waals surface area contributed by atoms with Gasteiger partial charge >= 0.3 is 0 Å². The highest BCUT2D eigenvalue weighted by Crippen LogP contribution is 2.51. The van der Waals surface area contributed by atoms with E-state index in [2.05, 4.69) is 29.2 Å². The Bertz CT molecular complexity index is 811. The van der Waals surface area contributed by atoms with E-state index in [4.69, 9.17) is 16.3 Å². The molecule has 2 aliphatic rings. The second-order valence-electron chi connectivity index (χ2n) is 8.18. The van der Waals surface area contributed by atoms with Gasteiger partial charge in [-0.25, -0.2) is 0 Å². The third kappa shape index (κ3) is 3.80. The number of para-hydroxylation sites is 1. The summed E-state index contributed by atoms with van der Waals surface area (Å²) in [6.07, 6.45) is 5.10. The summed E-state index contributed by atoms with van der Waals surface area (Å²) in [6.45, 7) is 4.32. The number of ether oxygens (including phenoxy) is 1. The summed E-state index contributed by atoms with van der Waals surface area (Å²) in [6, 6.07) is 16.6. The third-order valence-electron chi connectivity index (χ3n) is 6.54. The first-order chi connectivity index (χ1) is 13.6. The van der Waals surface area contributed by atoms with Crippen molar-refractivity contribution in [3.05, 3.63) is 64.7 Å². The van der Waals surface area contributed by atoms with Crippen molar-refractivity contribution in [2.75, 3.05) is 13.2 Å². The van der Waals surface area contributed by atoms with Crippen molar-refractivity contribution in [3.8, 4) is 5.75 Å². The van der Waals surface area contributed by atoms with Gasteiger partial charge in [-0.2, -0.15) is 0 Å². The Kier molecular flexibility index (Phi) is 5.96. The number of piperidine rings is 1. The van der Waals surface area contributed by atoms with E-state index in [0.29, 0.717) is 6.61 Å². The maximum absolute atomic E-state index is 11.5. The van der Waals surface area contributed by atoms with Crippen molar-refractivity contribution in [2.45, 2.75) is 57.2 Å². The normalized spacial score (nSPS) is 28.0. The van der Waals surface area contributed by atoms with Crippen LogP contribution in [0.3, 0.4) is 0 Å². The molecule has 1 saturated heterocycles. The molecular weight excluding hydrogens is 370 g/mol. The quantitative estimate of drug-likeness (QED) is 0.709. The Morgan fingerprint density at radius 2 is 1.89 bits per heavy atom. The van der Waals surface area contributed by atoms with Crippen LogP contribution in [0.15, 0.2) is 48.5 Å². The molecule has 0 spiro atoms. The van der Waals surface area contributed by atoms with Crippen LogP contribution in [0.1, 0.15) is 56.2 Å². The Balaban J connectivity index is 1.74. The highest BCUT2D eigenvalue weighted by atomic mass is 35.5. The van der Waals surface area contributed by atoms with Crippen LogP contribution in [0.4, 0.5) is 0 Å². The van der Waals surface area contributed by atoms with Crippen LogP contribution < -0.4 is 4.74 Å². The van der Waals surface area contributed by atoms with Gasteiger partial charge in [0.05, 0.1) is 12.2 Å². The first kappa shape index (κ1) is 19.8. The number of halogens is 1. The molecule has 2 fully saturated rings. The maximum atomic E-state index is 11.5. The summed E-state index contributed by atoms with van der Waals surface area (Å²) < 4.78 is 5.99. The molecule has 150 valence electrons. The molecule has 1 aliphatic heterocycles. The minimum atomic E-state index is -0.570. The highest BCUT2D eigenvalue weighted by molar-refractivity contribution is 6.31. The Labute approximate surface area is 173 Å². The molecule has 2 aromatic rings. The lowest BCUT2D eigenvalue weighted by Gasteiger charge is -2.53. The van der Waals surface area contributed by atoms with E-state index in [9.17, 15) is 5.11 Å². The second-order valence-corrected chi connectivity index (χ2v) is 8.59. The molecule has 0 radical (unpaired) electrons. The van der Waals surface area contributed by atoms with Crippen LogP contribution >= 0.6 is 11.6 Å². The molecule has 2 aromatic carbocycles. The molecule has 1 saturated carbocycles. The Morgan fingerprint density at radius 1 is 1.11 bits per heavy atom. The van der Waals surface area contributed by atoms with Crippen molar-refractivity contribution in [1.29, 1.82) is 0 Å². The van der Waals surface area contributed by atoms with Crippen molar-refractivity contribution in [2.24, 2.45) is 5.92 Å². The molecule has 2 unspecified atom stereocenters. The second kappa shape index (κ2) is 8.44. The van der Waals surface area contributed by atoms with Gasteiger partial charge in [-0.1, -0.05) is 60.8 Å². The molecule has 3 atom stereocenters. The van der Waals surface area contributed by atoms with Gasteiger partial charge in [0.2, 0.25) is 0 Å². The number of hydrogen-bond donors (Lipinski definition) is 1. The molecule has 4 heteroatoms. The highest BCUT2D eigenvalue weighted by Gasteiger charge is 2.49. The molecular formula is C24H30ClNO2. The number of rotatable bonds is 5. The predicted molar refractivity (Wildman–Crippen MR) is 114 cm³/mol. The average molecular weight is 400 g/mol. The molecule has 1 N–H and O–H groups in total. The molecule has 4 rings (SSSR count). The molecule has 0 amide bonds. The Morgan fingerprint density at radius 3 is 2.71 bits per heavy atom. The van der Waals surface area contributed by atoms with Crippen LogP contribution in [-0.4, -0.2) is 28.8 Å². The van der Waals surface area contributed by atoms with E-state index in [1.165, 1.54) is 12.0 Å². The van der Waals surface area contributed by atoms with Crippen LogP contribution in [0, 0.1) is 5.92 Å². The fraction of sp³-hybridized carbons (Fsp3) is 0.500. The molecule has 0 bridgehead atoms. The smallest absolute Gasteiger partial charge is 0.124 e. The van der Waals surface area contributed by atoms with Crippen LogP contribution in [0.25, 0.3) is 0 Å². The van der Waals surface area contributed by atoms with Crippen molar-refractivity contribution >= 4 is 11.6 Å². The van der Waals surface area contributed by atoms with E-state index < -0.39 is 5.60 Å². The number of nitrogens with zero attached hydrogens (tertiary/aromatic N) is 1. The lowest BCUT2D eigenvalue weighted by Crippen LogP contribution is -2.54. The van der Waals surface area contributed by atoms with Gasteiger partial charge in [-0.3, -0.25) is 4.90 Å². The van der Waals surface area contributed by atoms with Crippen molar-refractivity contribution in [1.82, 2.24) is 4.90 Å². The van der Waals surface area contributed by atoms with Crippen molar-refractivity contribution < 1.29 is 9.84 Å². The summed E-state index contributed by atoms with van der Waals surface area (Å²) in [7, 11) is 0. The average Bonchev–Trinajstić information content (AvgIpc) is 2.70. The van der Waals surface area contributed by atoms with Crippen LogP contribution in [0.5, 0.6) is 5.75 Å². The lowest BCUT2D eigenvalue weighted by atomic mass is 9.66. The standard InChI is InChI=1S/C24H30ClNO2/c1-2-28-22-13-6-4-10-19(22)23-20-11-7-8-14-24(20,27)15-16-26(23)17-18-9-3-5-12-21(18)25/h3-6,9-10,12-13,20,23,27H,2,7-8,11,14-17H2,1H3/t20?,23-,24?/m0/s1. The van der Waals surface area contributed by atoms with Gasteiger partial charge in [0, 0.05) is 35.6 Å². The summed E-state index contributed by atoms with van der Waals surface area (Å²) in [5.74, 6) is 1.16. The minimum absolute atomic E-state index is 0.137. The van der Waals surface area contributed by atoms with E-state index in [0.717, 1.165) is 55.1 Å². The predicted octanol–water partition coefficient (Wildman–Crippen LogP) is 5.61. The zero-order chi connectivity index (χ0) is 19.6. The first-order valence-electron chi connectivity index (χ1n) is 10.5. The molecule has 3 nitrogen and oxygen atoms in total. The van der Waals surface area contributed by atoms with Gasteiger partial charge in [0.1, 0.15) is 5.75 Å². The number of likely N-dealkylation sites (tertiary alicyclic amines) is 1. The number of hydrogen-bond acceptors (Lipinski definition) is 3. The van der Waals surface area contributed by atoms with Gasteiger partial charge in [-0.15, -0.1) is 0 Å². The summed E-state index contributed by atoms with van der Waals surface area (Å²) in [5, 5.41) is 12.3. The zero-order valence-electron chi connectivity index (χ0n) is 16.6. The largest absolute Gasteiger partial charge is 0.494 e. The zero-order valence-corrected chi connectivity index (χ0v) is 17.4. The topological polar surface area (TPSA) is 32.7 Å². The summed E-state index contributed by atoms with van der Waals surface area (Å²) >= 11 is 6.48. The lowest BCUT2D eigenvalue weighted by molar-refractivity contribution is -0.126. The first-order valence-corrected chi connectivity index (χ1v) is 10.9. The Hall–Kier alpha value is -1.55.